The van der Waals surface area contributed by atoms with Crippen LogP contribution in [0.2, 0.25) is 0 Å². The largest absolute Gasteiger partial charge is 0.507 e. The maximum atomic E-state index is 13.3. The molecule has 0 aromatic heterocycles. The molecule has 6 nitrogen and oxygen atoms in total. The molecule has 180 valence electrons. The van der Waals surface area contributed by atoms with Crippen LogP contribution in [0.5, 0.6) is 5.75 Å². The fourth-order valence-corrected chi connectivity index (χ4v) is 4.48. The Morgan fingerprint density at radius 3 is 2.06 bits per heavy atom. The van der Waals surface area contributed by atoms with Crippen LogP contribution in [0.4, 0.5) is 11.4 Å². The highest BCUT2D eigenvalue weighted by molar-refractivity contribution is 6.51. The fourth-order valence-electron chi connectivity index (χ4n) is 4.48. The van der Waals surface area contributed by atoms with E-state index in [4.69, 9.17) is 4.74 Å². The van der Waals surface area contributed by atoms with Crippen LogP contribution in [0, 0.1) is 6.92 Å². The van der Waals surface area contributed by atoms with Crippen LogP contribution >= 0.6 is 0 Å². The van der Waals surface area contributed by atoms with E-state index in [1.165, 1.54) is 4.90 Å². The monoisotopic (exact) mass is 470 g/mol. The number of carbonyl (C=O) groups excluding carboxylic acids is 2. The zero-order chi connectivity index (χ0) is 25.1. The van der Waals surface area contributed by atoms with Crippen molar-refractivity contribution in [1.29, 1.82) is 0 Å². The van der Waals surface area contributed by atoms with Crippen molar-refractivity contribution >= 4 is 28.8 Å². The van der Waals surface area contributed by atoms with Gasteiger partial charge in [-0.15, -0.1) is 0 Å². The smallest absolute Gasteiger partial charge is 0.300 e. The van der Waals surface area contributed by atoms with E-state index in [1.54, 1.807) is 31.4 Å². The fraction of sp³-hybridized carbons (Fsp3) is 0.241. The van der Waals surface area contributed by atoms with Crippen molar-refractivity contribution in [3.05, 3.63) is 95.1 Å². The molecule has 4 rings (SSSR count). The van der Waals surface area contributed by atoms with Gasteiger partial charge < -0.3 is 14.7 Å². The van der Waals surface area contributed by atoms with Gasteiger partial charge in [0.25, 0.3) is 11.7 Å². The van der Waals surface area contributed by atoms with Gasteiger partial charge in [-0.3, -0.25) is 14.5 Å². The Labute approximate surface area is 206 Å². The number of ketones is 1. The third-order valence-corrected chi connectivity index (χ3v) is 6.46. The molecule has 6 heteroatoms. The van der Waals surface area contributed by atoms with Crippen LogP contribution in [0.3, 0.4) is 0 Å². The number of ether oxygens (including phenoxy) is 1. The molecule has 1 amide bonds. The molecule has 1 saturated heterocycles. The molecule has 3 aromatic carbocycles. The highest BCUT2D eigenvalue weighted by atomic mass is 16.5. The number of anilines is 2. The molecule has 1 unspecified atom stereocenters. The maximum absolute atomic E-state index is 13.3. The number of methoxy groups -OCH3 is 1. The van der Waals surface area contributed by atoms with E-state index in [0.717, 1.165) is 29.9 Å². The average Bonchev–Trinajstić information content (AvgIpc) is 3.15. The third-order valence-electron chi connectivity index (χ3n) is 6.46. The van der Waals surface area contributed by atoms with Crippen LogP contribution in [0.25, 0.3) is 5.76 Å². The first kappa shape index (κ1) is 24.1. The number of aryl methyl sites for hydroxylation is 1. The second-order valence-electron chi connectivity index (χ2n) is 8.50. The molecule has 0 spiro atoms. The third kappa shape index (κ3) is 4.52. The van der Waals surface area contributed by atoms with Gasteiger partial charge in [0.1, 0.15) is 11.5 Å². The number of rotatable bonds is 7. The van der Waals surface area contributed by atoms with Gasteiger partial charge in [0.2, 0.25) is 0 Å². The van der Waals surface area contributed by atoms with Crippen molar-refractivity contribution in [2.75, 3.05) is 30.0 Å². The van der Waals surface area contributed by atoms with Crippen LogP contribution in [0.1, 0.15) is 36.6 Å². The van der Waals surface area contributed by atoms with Crippen molar-refractivity contribution in [2.24, 2.45) is 0 Å². The van der Waals surface area contributed by atoms with Crippen molar-refractivity contribution < 1.29 is 19.4 Å². The Bertz CT molecular complexity index is 1240. The average molecular weight is 471 g/mol. The van der Waals surface area contributed by atoms with Gasteiger partial charge >= 0.3 is 0 Å². The van der Waals surface area contributed by atoms with E-state index in [2.05, 4.69) is 18.7 Å². The summed E-state index contributed by atoms with van der Waals surface area (Å²) in [6.07, 6.45) is 0. The normalized spacial score (nSPS) is 17.0. The summed E-state index contributed by atoms with van der Waals surface area (Å²) in [6.45, 7) is 7.90. The summed E-state index contributed by atoms with van der Waals surface area (Å²) >= 11 is 0. The van der Waals surface area contributed by atoms with E-state index in [1.807, 2.05) is 55.5 Å². The van der Waals surface area contributed by atoms with Crippen molar-refractivity contribution in [2.45, 2.75) is 26.8 Å². The molecule has 0 bridgehead atoms. The highest BCUT2D eigenvalue weighted by Gasteiger charge is 2.46. The predicted octanol–water partition coefficient (Wildman–Crippen LogP) is 5.48. The quantitative estimate of drug-likeness (QED) is 0.281. The molecule has 1 aliphatic heterocycles. The molecule has 1 N–H and O–H groups in total. The molecule has 1 heterocycles. The lowest BCUT2D eigenvalue weighted by Gasteiger charge is -2.27. The van der Waals surface area contributed by atoms with Gasteiger partial charge in [-0.25, -0.2) is 0 Å². The van der Waals surface area contributed by atoms with Crippen molar-refractivity contribution in [1.82, 2.24) is 0 Å². The van der Waals surface area contributed by atoms with E-state index in [9.17, 15) is 14.7 Å². The highest BCUT2D eigenvalue weighted by Crippen LogP contribution is 2.42. The van der Waals surface area contributed by atoms with E-state index in [0.29, 0.717) is 17.0 Å². The summed E-state index contributed by atoms with van der Waals surface area (Å²) in [5, 5.41) is 11.3. The van der Waals surface area contributed by atoms with Crippen LogP contribution in [-0.2, 0) is 9.59 Å². The van der Waals surface area contributed by atoms with Gasteiger partial charge in [-0.2, -0.15) is 0 Å². The lowest BCUT2D eigenvalue weighted by molar-refractivity contribution is -0.132. The second kappa shape index (κ2) is 10.1. The summed E-state index contributed by atoms with van der Waals surface area (Å²) in [7, 11) is 1.56. The van der Waals surface area contributed by atoms with Gasteiger partial charge in [-0.05, 0) is 74.9 Å². The van der Waals surface area contributed by atoms with E-state index in [-0.39, 0.29) is 11.3 Å². The van der Waals surface area contributed by atoms with E-state index >= 15 is 0 Å². The van der Waals surface area contributed by atoms with Crippen LogP contribution in [-0.4, -0.2) is 37.0 Å². The molecule has 1 atom stereocenters. The first-order valence-corrected chi connectivity index (χ1v) is 11.8. The number of benzene rings is 3. The molecule has 1 aliphatic rings. The minimum Gasteiger partial charge on any atom is -0.507 e. The first-order valence-electron chi connectivity index (χ1n) is 11.8. The number of carbonyl (C=O) groups is 2. The number of hydrogen-bond acceptors (Lipinski definition) is 5. The number of nitrogens with zero attached hydrogens (tertiary/aromatic N) is 2. The zero-order valence-corrected chi connectivity index (χ0v) is 20.5. The molecule has 0 saturated carbocycles. The van der Waals surface area contributed by atoms with E-state index < -0.39 is 17.7 Å². The standard InChI is InChI=1S/C29H30N2O4/c1-5-30(6-2)22-15-9-20(10-16-22)26-25(27(32)21-11-17-24(35-4)18-12-21)28(33)29(34)31(26)23-13-7-19(3)8-14-23/h7-18,26,32H,5-6H2,1-4H3/b27-25-. The molecule has 0 aliphatic carbocycles. The van der Waals surface area contributed by atoms with Gasteiger partial charge in [0, 0.05) is 30.0 Å². The predicted molar refractivity (Wildman–Crippen MR) is 139 cm³/mol. The van der Waals surface area contributed by atoms with Gasteiger partial charge in [0.15, 0.2) is 0 Å². The number of Topliss-reactive ketones (excluding diaryl/α,β-unsaturated/α-hetero) is 1. The maximum Gasteiger partial charge on any atom is 0.300 e. The second-order valence-corrected chi connectivity index (χ2v) is 8.50. The Kier molecular flexibility index (Phi) is 6.92. The Morgan fingerprint density at radius 1 is 0.914 bits per heavy atom. The summed E-state index contributed by atoms with van der Waals surface area (Å²) in [4.78, 5) is 30.3. The van der Waals surface area contributed by atoms with Gasteiger partial charge in [-0.1, -0.05) is 29.8 Å². The van der Waals surface area contributed by atoms with Gasteiger partial charge in [0.05, 0.1) is 18.7 Å². The molecular formula is C29H30N2O4. The van der Waals surface area contributed by atoms with Crippen molar-refractivity contribution in [3.8, 4) is 5.75 Å². The lowest BCUT2D eigenvalue weighted by atomic mass is 9.94. The lowest BCUT2D eigenvalue weighted by Crippen LogP contribution is -2.29. The number of amides is 1. The molecular weight excluding hydrogens is 440 g/mol. The number of aliphatic hydroxyl groups excluding tert-OH is 1. The molecule has 3 aromatic rings. The summed E-state index contributed by atoms with van der Waals surface area (Å²) in [5.74, 6) is -0.956. The number of aliphatic hydroxyl groups is 1. The van der Waals surface area contributed by atoms with Crippen molar-refractivity contribution in [3.63, 3.8) is 0 Å². The minimum atomic E-state index is -0.759. The van der Waals surface area contributed by atoms with Crippen LogP contribution in [0.15, 0.2) is 78.4 Å². The topological polar surface area (TPSA) is 70.1 Å². The summed E-state index contributed by atoms with van der Waals surface area (Å²) < 4.78 is 5.21. The Balaban J connectivity index is 1.87. The molecule has 35 heavy (non-hydrogen) atoms. The van der Waals surface area contributed by atoms with Crippen LogP contribution < -0.4 is 14.5 Å². The molecule has 1 fully saturated rings. The summed E-state index contributed by atoms with van der Waals surface area (Å²) in [5.41, 5.74) is 3.96. The SMILES string of the molecule is CCN(CC)c1ccc(C2/C(=C(/O)c3ccc(OC)cc3)C(=O)C(=O)N2c2ccc(C)cc2)cc1. The first-order chi connectivity index (χ1) is 16.9. The zero-order valence-electron chi connectivity index (χ0n) is 20.5. The number of hydrogen-bond donors (Lipinski definition) is 1. The minimum absolute atomic E-state index is 0.0660. The Hall–Kier alpha value is -4.06. The summed E-state index contributed by atoms with van der Waals surface area (Å²) in [6, 6.07) is 21.3. The Morgan fingerprint density at radius 2 is 1.51 bits per heavy atom. The molecule has 0 radical (unpaired) electrons.